The number of amides is 1. The van der Waals surface area contributed by atoms with Gasteiger partial charge in [0.15, 0.2) is 0 Å². The highest BCUT2D eigenvalue weighted by atomic mass is 16.3. The van der Waals surface area contributed by atoms with Crippen molar-refractivity contribution in [1.29, 1.82) is 0 Å². The average molecular weight is 218 g/mol. The third kappa shape index (κ3) is 3.44. The Morgan fingerprint density at radius 2 is 1.67 bits per heavy atom. The molecule has 5 heteroatoms. The standard InChI is InChI=1S/C10H22N2O3/c1-4-10(11,5-2)8(15)12-9(3,6-13)7-14/h13-14H,4-7,11H2,1-3H3,(H,12,15). The second-order valence-electron chi connectivity index (χ2n) is 4.19. The zero-order valence-electron chi connectivity index (χ0n) is 9.71. The van der Waals surface area contributed by atoms with Crippen LogP contribution in [-0.4, -0.2) is 40.4 Å². The van der Waals surface area contributed by atoms with Crippen LogP contribution in [-0.2, 0) is 4.79 Å². The molecule has 5 nitrogen and oxygen atoms in total. The first-order valence-electron chi connectivity index (χ1n) is 5.20. The van der Waals surface area contributed by atoms with Crippen LogP contribution in [0, 0.1) is 0 Å². The Bertz CT molecular complexity index is 211. The fourth-order valence-corrected chi connectivity index (χ4v) is 1.10. The molecule has 0 bridgehead atoms. The van der Waals surface area contributed by atoms with Gasteiger partial charge >= 0.3 is 0 Å². The van der Waals surface area contributed by atoms with Gasteiger partial charge in [0.25, 0.3) is 0 Å². The van der Waals surface area contributed by atoms with E-state index in [1.807, 2.05) is 13.8 Å². The zero-order valence-corrected chi connectivity index (χ0v) is 9.71. The molecule has 0 saturated heterocycles. The van der Waals surface area contributed by atoms with E-state index >= 15 is 0 Å². The smallest absolute Gasteiger partial charge is 0.240 e. The molecule has 0 aliphatic heterocycles. The quantitative estimate of drug-likeness (QED) is 0.477. The largest absolute Gasteiger partial charge is 0.394 e. The number of carbonyl (C=O) groups excluding carboxylic acids is 1. The van der Waals surface area contributed by atoms with Gasteiger partial charge in [0, 0.05) is 0 Å². The molecule has 0 aliphatic carbocycles. The normalized spacial score (nSPS) is 12.7. The first-order chi connectivity index (χ1) is 6.87. The zero-order chi connectivity index (χ0) is 12.1. The van der Waals surface area contributed by atoms with Crippen LogP contribution >= 0.6 is 0 Å². The van der Waals surface area contributed by atoms with Crippen LogP contribution in [0.1, 0.15) is 33.6 Å². The summed E-state index contributed by atoms with van der Waals surface area (Å²) in [4.78, 5) is 11.8. The minimum atomic E-state index is -1.01. The molecule has 90 valence electrons. The Morgan fingerprint density at radius 3 is 1.93 bits per heavy atom. The number of aliphatic hydroxyl groups is 2. The van der Waals surface area contributed by atoms with Crippen LogP contribution in [0.2, 0.25) is 0 Å². The Kier molecular flexibility index (Phi) is 5.20. The Balaban J connectivity index is 4.60. The minimum Gasteiger partial charge on any atom is -0.394 e. The maximum atomic E-state index is 11.8. The fourth-order valence-electron chi connectivity index (χ4n) is 1.10. The number of carbonyl (C=O) groups is 1. The number of aliphatic hydroxyl groups excluding tert-OH is 2. The fraction of sp³-hybridized carbons (Fsp3) is 0.900. The highest BCUT2D eigenvalue weighted by Crippen LogP contribution is 2.13. The molecule has 0 saturated carbocycles. The van der Waals surface area contributed by atoms with Gasteiger partial charge in [0.05, 0.1) is 24.3 Å². The van der Waals surface area contributed by atoms with Crippen LogP contribution in [0.25, 0.3) is 0 Å². The molecule has 1 amide bonds. The molecule has 0 aliphatic rings. The van der Waals surface area contributed by atoms with Crippen molar-refractivity contribution < 1.29 is 15.0 Å². The van der Waals surface area contributed by atoms with E-state index in [4.69, 9.17) is 15.9 Å². The van der Waals surface area contributed by atoms with E-state index in [0.717, 1.165) is 0 Å². The lowest BCUT2D eigenvalue weighted by Crippen LogP contribution is -2.61. The number of hydrogen-bond donors (Lipinski definition) is 4. The summed E-state index contributed by atoms with van der Waals surface area (Å²) in [6.45, 7) is 4.59. The molecule has 0 fully saturated rings. The number of nitrogens with one attached hydrogen (secondary N) is 1. The van der Waals surface area contributed by atoms with E-state index in [-0.39, 0.29) is 19.1 Å². The van der Waals surface area contributed by atoms with Crippen molar-refractivity contribution in [2.45, 2.75) is 44.7 Å². The van der Waals surface area contributed by atoms with Crippen molar-refractivity contribution in [3.63, 3.8) is 0 Å². The molecule has 0 unspecified atom stereocenters. The SMILES string of the molecule is CCC(N)(CC)C(=O)NC(C)(CO)CO. The lowest BCUT2D eigenvalue weighted by atomic mass is 9.91. The predicted molar refractivity (Wildman–Crippen MR) is 58.2 cm³/mol. The number of rotatable bonds is 6. The Labute approximate surface area is 90.7 Å². The number of hydrogen-bond acceptors (Lipinski definition) is 4. The van der Waals surface area contributed by atoms with Gasteiger partial charge in [-0.05, 0) is 19.8 Å². The Morgan fingerprint density at radius 1 is 1.27 bits per heavy atom. The molecule has 15 heavy (non-hydrogen) atoms. The second-order valence-corrected chi connectivity index (χ2v) is 4.19. The van der Waals surface area contributed by atoms with Crippen molar-refractivity contribution in [3.05, 3.63) is 0 Å². The van der Waals surface area contributed by atoms with Crippen molar-refractivity contribution in [3.8, 4) is 0 Å². The third-order valence-electron chi connectivity index (χ3n) is 2.83. The summed E-state index contributed by atoms with van der Waals surface area (Å²) in [7, 11) is 0. The van der Waals surface area contributed by atoms with E-state index in [0.29, 0.717) is 12.8 Å². The predicted octanol–water partition coefficient (Wildman–Crippen LogP) is -0.637. The first-order valence-corrected chi connectivity index (χ1v) is 5.20. The van der Waals surface area contributed by atoms with E-state index in [2.05, 4.69) is 5.32 Å². The lowest BCUT2D eigenvalue weighted by molar-refractivity contribution is -0.129. The first kappa shape index (κ1) is 14.3. The van der Waals surface area contributed by atoms with E-state index in [1.165, 1.54) is 0 Å². The summed E-state index contributed by atoms with van der Waals surface area (Å²) in [6, 6.07) is 0. The van der Waals surface area contributed by atoms with Crippen molar-refractivity contribution in [2.75, 3.05) is 13.2 Å². The van der Waals surface area contributed by atoms with Crippen LogP contribution < -0.4 is 11.1 Å². The van der Waals surface area contributed by atoms with Gasteiger partial charge in [-0.15, -0.1) is 0 Å². The van der Waals surface area contributed by atoms with Gasteiger partial charge in [-0.2, -0.15) is 0 Å². The van der Waals surface area contributed by atoms with Crippen molar-refractivity contribution in [2.24, 2.45) is 5.73 Å². The minimum absolute atomic E-state index is 0.321. The third-order valence-corrected chi connectivity index (χ3v) is 2.83. The highest BCUT2D eigenvalue weighted by Gasteiger charge is 2.34. The van der Waals surface area contributed by atoms with Crippen LogP contribution in [0.5, 0.6) is 0 Å². The summed E-state index contributed by atoms with van der Waals surface area (Å²) < 4.78 is 0. The molecule has 0 rings (SSSR count). The van der Waals surface area contributed by atoms with E-state index < -0.39 is 11.1 Å². The van der Waals surface area contributed by atoms with Crippen LogP contribution in [0.15, 0.2) is 0 Å². The number of nitrogens with two attached hydrogens (primary N) is 1. The molecule has 0 heterocycles. The van der Waals surface area contributed by atoms with Crippen LogP contribution in [0.3, 0.4) is 0 Å². The van der Waals surface area contributed by atoms with Crippen LogP contribution in [0.4, 0.5) is 0 Å². The lowest BCUT2D eigenvalue weighted by Gasteiger charge is -2.32. The topological polar surface area (TPSA) is 95.6 Å². The Hall–Kier alpha value is -0.650. The molecular weight excluding hydrogens is 196 g/mol. The summed E-state index contributed by atoms with van der Waals surface area (Å²) in [6.07, 6.45) is 1.03. The highest BCUT2D eigenvalue weighted by molar-refractivity contribution is 5.86. The molecular formula is C10H22N2O3. The molecule has 0 aromatic rings. The summed E-state index contributed by atoms with van der Waals surface area (Å²) in [5.41, 5.74) is 3.95. The van der Waals surface area contributed by atoms with E-state index in [1.54, 1.807) is 6.92 Å². The summed E-state index contributed by atoms with van der Waals surface area (Å²) in [5, 5.41) is 20.6. The molecule has 0 aromatic heterocycles. The molecule has 0 radical (unpaired) electrons. The van der Waals surface area contributed by atoms with Crippen molar-refractivity contribution >= 4 is 5.91 Å². The van der Waals surface area contributed by atoms with Gasteiger partial charge in [0.2, 0.25) is 5.91 Å². The molecule has 0 aromatic carbocycles. The average Bonchev–Trinajstić information content (AvgIpc) is 2.27. The van der Waals surface area contributed by atoms with Gasteiger partial charge in [-0.25, -0.2) is 0 Å². The van der Waals surface area contributed by atoms with Crippen molar-refractivity contribution in [1.82, 2.24) is 5.32 Å². The van der Waals surface area contributed by atoms with Gasteiger partial charge < -0.3 is 21.3 Å². The van der Waals surface area contributed by atoms with E-state index in [9.17, 15) is 4.79 Å². The van der Waals surface area contributed by atoms with Gasteiger partial charge in [-0.3, -0.25) is 4.79 Å². The molecule has 5 N–H and O–H groups in total. The maximum absolute atomic E-state index is 11.8. The molecule has 0 atom stereocenters. The maximum Gasteiger partial charge on any atom is 0.240 e. The van der Waals surface area contributed by atoms with Gasteiger partial charge in [-0.1, -0.05) is 13.8 Å². The monoisotopic (exact) mass is 218 g/mol. The summed E-state index contributed by atoms with van der Waals surface area (Å²) in [5.74, 6) is -0.335. The summed E-state index contributed by atoms with van der Waals surface area (Å²) >= 11 is 0. The van der Waals surface area contributed by atoms with Gasteiger partial charge in [0.1, 0.15) is 0 Å². The molecule has 0 spiro atoms. The second kappa shape index (κ2) is 5.44.